The van der Waals surface area contributed by atoms with E-state index in [1.165, 1.54) is 0 Å². The maximum absolute atomic E-state index is 13.3. The van der Waals surface area contributed by atoms with Crippen molar-refractivity contribution in [3.05, 3.63) is 103 Å². The molecule has 0 fully saturated rings. The second-order valence-electron chi connectivity index (χ2n) is 6.72. The molecule has 4 aromatic rings. The molecule has 0 saturated heterocycles. The van der Waals surface area contributed by atoms with Crippen LogP contribution in [0.2, 0.25) is 0 Å². The summed E-state index contributed by atoms with van der Waals surface area (Å²) in [6, 6.07) is 16.7. The second-order valence-corrected chi connectivity index (χ2v) is 6.72. The van der Waals surface area contributed by atoms with Gasteiger partial charge >= 0.3 is 5.69 Å². The summed E-state index contributed by atoms with van der Waals surface area (Å²) in [5, 5.41) is 22.7. The predicted molar refractivity (Wildman–Crippen MR) is 112 cm³/mol. The summed E-state index contributed by atoms with van der Waals surface area (Å²) in [6.45, 7) is 1.81. The molecule has 0 atom stereocenters. The number of nitro groups is 2. The maximum Gasteiger partial charge on any atom is 0.318 e. The highest BCUT2D eigenvalue weighted by atomic mass is 16.6. The minimum atomic E-state index is -0.808. The van der Waals surface area contributed by atoms with Crippen LogP contribution in [-0.4, -0.2) is 9.85 Å². The second kappa shape index (κ2) is 7.71. The van der Waals surface area contributed by atoms with E-state index in [2.05, 4.69) is 0 Å². The van der Waals surface area contributed by atoms with E-state index >= 15 is 0 Å². The number of hydrogen-bond donors (Lipinski definition) is 0. The van der Waals surface area contributed by atoms with Gasteiger partial charge in [-0.15, -0.1) is 0 Å². The Morgan fingerprint density at radius 3 is 2.32 bits per heavy atom. The highest BCUT2D eigenvalue weighted by molar-refractivity contribution is 5.83. The molecular formula is C22H14N2O7. The Morgan fingerprint density at radius 2 is 1.65 bits per heavy atom. The third kappa shape index (κ3) is 3.71. The number of nitrogens with zero attached hydrogens (tertiary/aromatic N) is 2. The van der Waals surface area contributed by atoms with E-state index in [1.807, 2.05) is 6.92 Å². The lowest BCUT2D eigenvalue weighted by atomic mass is 10.1. The molecule has 0 saturated carbocycles. The summed E-state index contributed by atoms with van der Waals surface area (Å²) in [6.07, 6.45) is 0. The Bertz CT molecular complexity index is 1390. The van der Waals surface area contributed by atoms with Gasteiger partial charge in [0, 0.05) is 11.6 Å². The molecule has 9 heteroatoms. The lowest BCUT2D eigenvalue weighted by molar-refractivity contribution is -0.394. The fourth-order valence-corrected chi connectivity index (χ4v) is 3.12. The van der Waals surface area contributed by atoms with Crippen molar-refractivity contribution in [3.8, 4) is 22.8 Å². The number of non-ortho nitro benzene ring substituents is 1. The average Bonchev–Trinajstić information content (AvgIpc) is 2.76. The fraction of sp³-hybridized carbons (Fsp3) is 0.0455. The van der Waals surface area contributed by atoms with E-state index in [1.54, 1.807) is 48.5 Å². The van der Waals surface area contributed by atoms with Gasteiger partial charge in [0.2, 0.25) is 16.9 Å². The first-order valence-corrected chi connectivity index (χ1v) is 9.08. The predicted octanol–water partition coefficient (Wildman–Crippen LogP) is 5.38. The number of ether oxygens (including phenoxy) is 1. The summed E-state index contributed by atoms with van der Waals surface area (Å²) >= 11 is 0. The van der Waals surface area contributed by atoms with E-state index < -0.39 is 26.7 Å². The van der Waals surface area contributed by atoms with E-state index in [0.29, 0.717) is 11.1 Å². The monoisotopic (exact) mass is 418 g/mol. The van der Waals surface area contributed by atoms with Crippen molar-refractivity contribution in [2.75, 3.05) is 0 Å². The van der Waals surface area contributed by atoms with Gasteiger partial charge in [0.25, 0.3) is 5.69 Å². The van der Waals surface area contributed by atoms with Crippen LogP contribution < -0.4 is 10.2 Å². The molecule has 0 bridgehead atoms. The third-order valence-corrected chi connectivity index (χ3v) is 4.60. The Balaban J connectivity index is 1.97. The molecule has 31 heavy (non-hydrogen) atoms. The third-order valence-electron chi connectivity index (χ3n) is 4.60. The van der Waals surface area contributed by atoms with Crippen LogP contribution in [0.5, 0.6) is 11.5 Å². The molecule has 0 aliphatic heterocycles. The van der Waals surface area contributed by atoms with Gasteiger partial charge < -0.3 is 9.15 Å². The van der Waals surface area contributed by atoms with Crippen molar-refractivity contribution in [1.29, 1.82) is 0 Å². The molecule has 0 amide bonds. The maximum atomic E-state index is 13.3. The van der Waals surface area contributed by atoms with Crippen molar-refractivity contribution in [1.82, 2.24) is 0 Å². The SMILES string of the molecule is Cc1ccc2oc(-c3ccccc3)c(Oc3ccc([N+](=O)[O-])cc3[N+](=O)[O-])c(=O)c2c1. The van der Waals surface area contributed by atoms with Crippen LogP contribution in [0.3, 0.4) is 0 Å². The normalized spacial score (nSPS) is 10.7. The van der Waals surface area contributed by atoms with E-state index in [4.69, 9.17) is 9.15 Å². The van der Waals surface area contributed by atoms with Gasteiger partial charge in [-0.05, 0) is 25.1 Å². The Kier molecular flexibility index (Phi) is 4.92. The summed E-state index contributed by atoms with van der Waals surface area (Å²) in [4.78, 5) is 34.2. The van der Waals surface area contributed by atoms with Crippen molar-refractivity contribution in [3.63, 3.8) is 0 Å². The average molecular weight is 418 g/mol. The molecule has 0 aliphatic rings. The molecule has 154 valence electrons. The quantitative estimate of drug-likeness (QED) is 0.315. The van der Waals surface area contributed by atoms with Crippen LogP contribution >= 0.6 is 0 Å². The molecular weight excluding hydrogens is 404 g/mol. The minimum absolute atomic E-state index is 0.0922. The van der Waals surface area contributed by atoms with Crippen molar-refractivity contribution in [2.24, 2.45) is 0 Å². The van der Waals surface area contributed by atoms with Gasteiger partial charge in [-0.2, -0.15) is 0 Å². The molecule has 1 heterocycles. The molecule has 0 unspecified atom stereocenters. The fourth-order valence-electron chi connectivity index (χ4n) is 3.12. The van der Waals surface area contributed by atoms with Crippen LogP contribution in [0, 0.1) is 27.2 Å². The first-order valence-electron chi connectivity index (χ1n) is 9.08. The Morgan fingerprint density at radius 1 is 0.903 bits per heavy atom. The zero-order valence-electron chi connectivity index (χ0n) is 16.1. The molecule has 0 aliphatic carbocycles. The van der Waals surface area contributed by atoms with Gasteiger partial charge in [-0.25, -0.2) is 0 Å². The summed E-state index contributed by atoms with van der Waals surface area (Å²) < 4.78 is 11.6. The standard InChI is InChI=1S/C22H14N2O7/c1-13-7-9-18-16(11-13)20(25)22(21(30-18)14-5-3-2-4-6-14)31-19-10-8-15(23(26)27)12-17(19)24(28)29/h2-12H,1H3. The molecule has 1 aromatic heterocycles. The van der Waals surface area contributed by atoms with E-state index in [0.717, 1.165) is 23.8 Å². The first-order chi connectivity index (χ1) is 14.8. The number of rotatable bonds is 5. The Hall–Kier alpha value is -4.53. The summed E-state index contributed by atoms with van der Waals surface area (Å²) in [5.74, 6) is -0.469. The lowest BCUT2D eigenvalue weighted by Gasteiger charge is -2.12. The van der Waals surface area contributed by atoms with Crippen LogP contribution in [-0.2, 0) is 0 Å². The van der Waals surface area contributed by atoms with Gasteiger partial charge in [0.15, 0.2) is 5.76 Å². The van der Waals surface area contributed by atoms with Crippen LogP contribution in [0.15, 0.2) is 75.9 Å². The lowest BCUT2D eigenvalue weighted by Crippen LogP contribution is -2.08. The number of benzene rings is 3. The molecule has 0 radical (unpaired) electrons. The Labute approximate surface area is 174 Å². The highest BCUT2D eigenvalue weighted by Gasteiger charge is 2.25. The molecule has 3 aromatic carbocycles. The van der Waals surface area contributed by atoms with Crippen molar-refractivity contribution >= 4 is 22.3 Å². The highest BCUT2D eigenvalue weighted by Crippen LogP contribution is 2.38. The van der Waals surface area contributed by atoms with Gasteiger partial charge in [-0.3, -0.25) is 25.0 Å². The van der Waals surface area contributed by atoms with Crippen molar-refractivity contribution < 1.29 is 19.0 Å². The smallest absolute Gasteiger partial charge is 0.318 e. The first kappa shape index (κ1) is 19.8. The van der Waals surface area contributed by atoms with Gasteiger partial charge in [0.05, 0.1) is 21.3 Å². The number of nitro benzene ring substituents is 2. The van der Waals surface area contributed by atoms with E-state index in [-0.39, 0.29) is 22.6 Å². The molecule has 0 N–H and O–H groups in total. The van der Waals surface area contributed by atoms with Crippen LogP contribution in [0.1, 0.15) is 5.56 Å². The van der Waals surface area contributed by atoms with Gasteiger partial charge in [0.1, 0.15) is 5.58 Å². The summed E-state index contributed by atoms with van der Waals surface area (Å²) in [5.41, 5.74) is 0.0538. The molecule has 9 nitrogen and oxygen atoms in total. The van der Waals surface area contributed by atoms with Gasteiger partial charge in [-0.1, -0.05) is 42.0 Å². The van der Waals surface area contributed by atoms with E-state index in [9.17, 15) is 25.0 Å². The number of hydrogen-bond acceptors (Lipinski definition) is 7. The molecule has 0 spiro atoms. The zero-order chi connectivity index (χ0) is 22.1. The molecule has 4 rings (SSSR count). The van der Waals surface area contributed by atoms with Crippen LogP contribution in [0.4, 0.5) is 11.4 Å². The largest absolute Gasteiger partial charge is 0.452 e. The zero-order valence-corrected chi connectivity index (χ0v) is 16.1. The topological polar surface area (TPSA) is 126 Å². The van der Waals surface area contributed by atoms with Crippen molar-refractivity contribution in [2.45, 2.75) is 6.92 Å². The summed E-state index contributed by atoms with van der Waals surface area (Å²) in [7, 11) is 0. The number of aryl methyl sites for hydroxylation is 1. The van der Waals surface area contributed by atoms with Crippen LogP contribution in [0.25, 0.3) is 22.3 Å². The number of fused-ring (bicyclic) bond motifs is 1. The minimum Gasteiger partial charge on any atom is -0.452 e.